The van der Waals surface area contributed by atoms with Crippen LogP contribution in [0.1, 0.15) is 32.3 Å². The summed E-state index contributed by atoms with van der Waals surface area (Å²) in [6, 6.07) is 8.87. The van der Waals surface area contributed by atoms with E-state index in [-0.39, 0.29) is 0 Å². The fourth-order valence-electron chi connectivity index (χ4n) is 3.70. The highest BCUT2D eigenvalue weighted by molar-refractivity contribution is 5.55. The molecule has 2 aliphatic rings. The van der Waals surface area contributed by atoms with Crippen LogP contribution in [0.2, 0.25) is 0 Å². The van der Waals surface area contributed by atoms with Gasteiger partial charge >= 0.3 is 0 Å². The molecule has 3 unspecified atom stereocenters. The van der Waals surface area contributed by atoms with Crippen LogP contribution in [-0.4, -0.2) is 38.4 Å². The molecule has 1 aromatic carbocycles. The molecule has 3 atom stereocenters. The number of nitrogens with one attached hydrogen (secondary N) is 1. The summed E-state index contributed by atoms with van der Waals surface area (Å²) in [6.45, 7) is 8.74. The monoisotopic (exact) mass is 288 g/mol. The standard InChI is InChI=1S/C18H28N2O/c1-3-19-11-16-8-9-17(21-16)13-20-12-14(2)10-15-6-4-5-7-18(15)20/h4-7,14,16-17,19H,3,8-13H2,1-2H3. The van der Waals surface area contributed by atoms with Gasteiger partial charge in [0.1, 0.15) is 0 Å². The molecule has 0 aliphatic carbocycles. The summed E-state index contributed by atoms with van der Waals surface area (Å²) >= 11 is 0. The third kappa shape index (κ3) is 3.58. The fraction of sp³-hybridized carbons (Fsp3) is 0.667. The summed E-state index contributed by atoms with van der Waals surface area (Å²) in [4.78, 5) is 2.55. The van der Waals surface area contributed by atoms with Crippen molar-refractivity contribution in [1.29, 1.82) is 0 Å². The lowest BCUT2D eigenvalue weighted by atomic mass is 9.93. The Balaban J connectivity index is 1.61. The Morgan fingerprint density at radius 3 is 2.90 bits per heavy atom. The van der Waals surface area contributed by atoms with Crippen LogP contribution in [0.25, 0.3) is 0 Å². The van der Waals surface area contributed by atoms with Gasteiger partial charge in [-0.05, 0) is 43.4 Å². The van der Waals surface area contributed by atoms with Gasteiger partial charge in [0.25, 0.3) is 0 Å². The van der Waals surface area contributed by atoms with Crippen molar-refractivity contribution < 1.29 is 4.74 Å². The van der Waals surface area contributed by atoms with Gasteiger partial charge in [-0.2, -0.15) is 0 Å². The molecule has 1 aromatic rings. The van der Waals surface area contributed by atoms with Crippen LogP contribution in [-0.2, 0) is 11.2 Å². The number of nitrogens with zero attached hydrogens (tertiary/aromatic N) is 1. The Bertz CT molecular complexity index is 462. The molecule has 116 valence electrons. The first-order chi connectivity index (χ1) is 10.3. The number of para-hydroxylation sites is 1. The molecule has 21 heavy (non-hydrogen) atoms. The van der Waals surface area contributed by atoms with E-state index in [2.05, 4.69) is 48.3 Å². The summed E-state index contributed by atoms with van der Waals surface area (Å²) in [6.07, 6.45) is 4.41. The minimum atomic E-state index is 0.395. The lowest BCUT2D eigenvalue weighted by Crippen LogP contribution is -2.40. The SMILES string of the molecule is CCNCC1CCC(CN2CC(C)Cc3ccccc32)O1. The van der Waals surface area contributed by atoms with E-state index in [1.54, 1.807) is 0 Å². The van der Waals surface area contributed by atoms with Crippen LogP contribution in [0.3, 0.4) is 0 Å². The van der Waals surface area contributed by atoms with Crippen molar-refractivity contribution in [3.63, 3.8) is 0 Å². The fourth-order valence-corrected chi connectivity index (χ4v) is 3.70. The minimum Gasteiger partial charge on any atom is -0.372 e. The number of benzene rings is 1. The second-order valence-corrected chi connectivity index (χ2v) is 6.61. The molecule has 0 radical (unpaired) electrons. The summed E-state index contributed by atoms with van der Waals surface area (Å²) in [5.74, 6) is 0.735. The van der Waals surface area contributed by atoms with Crippen molar-refractivity contribution in [2.24, 2.45) is 5.92 Å². The van der Waals surface area contributed by atoms with E-state index in [0.29, 0.717) is 12.2 Å². The molecular formula is C18H28N2O. The summed E-state index contributed by atoms with van der Waals surface area (Å²) < 4.78 is 6.21. The zero-order chi connectivity index (χ0) is 14.7. The quantitative estimate of drug-likeness (QED) is 0.901. The molecule has 0 amide bonds. The van der Waals surface area contributed by atoms with Crippen LogP contribution in [0, 0.1) is 5.92 Å². The minimum absolute atomic E-state index is 0.395. The van der Waals surface area contributed by atoms with E-state index >= 15 is 0 Å². The van der Waals surface area contributed by atoms with Gasteiger partial charge in [0.05, 0.1) is 12.2 Å². The molecule has 1 saturated heterocycles. The molecule has 1 fully saturated rings. The maximum atomic E-state index is 6.21. The average molecular weight is 288 g/mol. The molecule has 0 bridgehead atoms. The maximum Gasteiger partial charge on any atom is 0.0755 e. The summed E-state index contributed by atoms with van der Waals surface area (Å²) in [5.41, 5.74) is 2.92. The van der Waals surface area contributed by atoms with E-state index < -0.39 is 0 Å². The third-order valence-electron chi connectivity index (χ3n) is 4.67. The molecule has 3 heteroatoms. The zero-order valence-electron chi connectivity index (χ0n) is 13.3. The number of rotatable bonds is 5. The molecule has 0 aromatic heterocycles. The van der Waals surface area contributed by atoms with Crippen molar-refractivity contribution in [1.82, 2.24) is 5.32 Å². The summed E-state index contributed by atoms with van der Waals surface area (Å²) in [5, 5.41) is 3.40. The number of likely N-dealkylation sites (N-methyl/N-ethyl adjacent to an activating group) is 1. The van der Waals surface area contributed by atoms with E-state index in [1.165, 1.54) is 30.5 Å². The number of hydrogen-bond donors (Lipinski definition) is 1. The molecule has 1 N–H and O–H groups in total. The lowest BCUT2D eigenvalue weighted by molar-refractivity contribution is 0.0492. The molecule has 2 aliphatic heterocycles. The van der Waals surface area contributed by atoms with Crippen molar-refractivity contribution >= 4 is 5.69 Å². The van der Waals surface area contributed by atoms with Crippen LogP contribution in [0.5, 0.6) is 0 Å². The highest BCUT2D eigenvalue weighted by Gasteiger charge is 2.29. The smallest absolute Gasteiger partial charge is 0.0755 e. The van der Waals surface area contributed by atoms with Gasteiger partial charge in [0.2, 0.25) is 0 Å². The topological polar surface area (TPSA) is 24.5 Å². The largest absolute Gasteiger partial charge is 0.372 e. The Morgan fingerprint density at radius 2 is 2.05 bits per heavy atom. The van der Waals surface area contributed by atoms with Gasteiger partial charge in [-0.15, -0.1) is 0 Å². The average Bonchev–Trinajstić information content (AvgIpc) is 2.92. The Morgan fingerprint density at radius 1 is 1.24 bits per heavy atom. The second kappa shape index (κ2) is 6.80. The molecule has 0 spiro atoms. The number of fused-ring (bicyclic) bond motifs is 1. The predicted octanol–water partition coefficient (Wildman–Crippen LogP) is 2.84. The van der Waals surface area contributed by atoms with E-state index in [1.807, 2.05) is 0 Å². The van der Waals surface area contributed by atoms with Crippen molar-refractivity contribution in [3.05, 3.63) is 29.8 Å². The maximum absolute atomic E-state index is 6.21. The molecular weight excluding hydrogens is 260 g/mol. The highest BCUT2D eigenvalue weighted by Crippen LogP contribution is 2.31. The number of anilines is 1. The second-order valence-electron chi connectivity index (χ2n) is 6.61. The first kappa shape index (κ1) is 14.9. The Kier molecular flexibility index (Phi) is 4.81. The lowest BCUT2D eigenvalue weighted by Gasteiger charge is -2.36. The van der Waals surface area contributed by atoms with Crippen LogP contribution in [0.15, 0.2) is 24.3 Å². The normalized spacial score (nSPS) is 28.7. The zero-order valence-corrected chi connectivity index (χ0v) is 13.3. The van der Waals surface area contributed by atoms with Crippen LogP contribution < -0.4 is 10.2 Å². The number of hydrogen-bond acceptors (Lipinski definition) is 3. The Hall–Kier alpha value is -1.06. The van der Waals surface area contributed by atoms with Gasteiger partial charge in [-0.1, -0.05) is 32.0 Å². The summed E-state index contributed by atoms with van der Waals surface area (Å²) in [7, 11) is 0. The van der Waals surface area contributed by atoms with Gasteiger partial charge in [0, 0.05) is 25.3 Å². The van der Waals surface area contributed by atoms with E-state index in [0.717, 1.165) is 32.1 Å². The van der Waals surface area contributed by atoms with Gasteiger partial charge < -0.3 is 15.0 Å². The van der Waals surface area contributed by atoms with E-state index in [9.17, 15) is 0 Å². The molecule has 3 nitrogen and oxygen atoms in total. The van der Waals surface area contributed by atoms with Gasteiger partial charge in [0.15, 0.2) is 0 Å². The van der Waals surface area contributed by atoms with Crippen molar-refractivity contribution in [3.8, 4) is 0 Å². The van der Waals surface area contributed by atoms with Gasteiger partial charge in [-0.25, -0.2) is 0 Å². The molecule has 0 saturated carbocycles. The predicted molar refractivity (Wildman–Crippen MR) is 88.0 cm³/mol. The molecule has 3 rings (SSSR count). The van der Waals surface area contributed by atoms with Gasteiger partial charge in [-0.3, -0.25) is 0 Å². The first-order valence-electron chi connectivity index (χ1n) is 8.45. The van der Waals surface area contributed by atoms with E-state index in [4.69, 9.17) is 4.74 Å². The third-order valence-corrected chi connectivity index (χ3v) is 4.67. The van der Waals surface area contributed by atoms with Crippen molar-refractivity contribution in [2.75, 3.05) is 31.1 Å². The molecule has 2 heterocycles. The Labute approximate surface area is 128 Å². The van der Waals surface area contributed by atoms with Crippen LogP contribution in [0.4, 0.5) is 5.69 Å². The van der Waals surface area contributed by atoms with Crippen LogP contribution >= 0.6 is 0 Å². The number of ether oxygens (including phenoxy) is 1. The first-order valence-corrected chi connectivity index (χ1v) is 8.45. The highest BCUT2D eigenvalue weighted by atomic mass is 16.5. The van der Waals surface area contributed by atoms with Crippen molar-refractivity contribution in [2.45, 2.75) is 45.3 Å².